The molecule has 26 heavy (non-hydrogen) atoms. The molecule has 1 rings (SSSR count). The fourth-order valence-electron chi connectivity index (χ4n) is 2.91. The van der Waals surface area contributed by atoms with Gasteiger partial charge in [0.15, 0.2) is 0 Å². The molecule has 0 radical (unpaired) electrons. The average molecular weight is 431 g/mol. The SMILES string of the molecule is Cl.Cl.NC(CCCCB(O)O)(CCN1CCCC1C(F)(F)F)C(=O)O.O. The van der Waals surface area contributed by atoms with Crippen molar-refractivity contribution >= 4 is 37.9 Å². The number of alkyl halides is 3. The number of carbonyl (C=O) groups is 1. The van der Waals surface area contributed by atoms with E-state index in [1.807, 2.05) is 0 Å². The van der Waals surface area contributed by atoms with Crippen LogP contribution < -0.4 is 5.73 Å². The summed E-state index contributed by atoms with van der Waals surface area (Å²) in [6.07, 6.45) is -2.98. The monoisotopic (exact) mass is 430 g/mol. The summed E-state index contributed by atoms with van der Waals surface area (Å²) in [6, 6.07) is -1.52. The number of aliphatic carboxylic acids is 1. The molecular formula is C13H28BCl2F3N2O5. The molecule has 1 aliphatic rings. The Morgan fingerprint density at radius 2 is 1.77 bits per heavy atom. The van der Waals surface area contributed by atoms with Crippen LogP contribution in [0.5, 0.6) is 0 Å². The van der Waals surface area contributed by atoms with Crippen molar-refractivity contribution in [3.05, 3.63) is 0 Å². The van der Waals surface area contributed by atoms with E-state index in [4.69, 9.17) is 15.8 Å². The second-order valence-corrected chi connectivity index (χ2v) is 6.17. The number of hydrogen-bond donors (Lipinski definition) is 4. The topological polar surface area (TPSA) is 139 Å². The molecule has 1 saturated heterocycles. The quantitative estimate of drug-likeness (QED) is 0.316. The van der Waals surface area contributed by atoms with Gasteiger partial charge in [-0.05, 0) is 38.5 Å². The molecule has 0 amide bonds. The highest BCUT2D eigenvalue weighted by Crippen LogP contribution is 2.33. The van der Waals surface area contributed by atoms with Crippen LogP contribution in [0.2, 0.25) is 6.32 Å². The summed E-state index contributed by atoms with van der Waals surface area (Å²) in [5, 5.41) is 26.8. The first-order valence-electron chi connectivity index (χ1n) is 7.75. The summed E-state index contributed by atoms with van der Waals surface area (Å²) >= 11 is 0. The molecule has 0 spiro atoms. The Hall–Kier alpha value is -0.295. The third kappa shape index (κ3) is 9.59. The summed E-state index contributed by atoms with van der Waals surface area (Å²) in [6.45, 7) is 0.270. The zero-order valence-corrected chi connectivity index (χ0v) is 15.9. The predicted molar refractivity (Wildman–Crippen MR) is 96.8 cm³/mol. The van der Waals surface area contributed by atoms with Crippen molar-refractivity contribution in [2.45, 2.75) is 62.6 Å². The van der Waals surface area contributed by atoms with Gasteiger partial charge >= 0.3 is 19.3 Å². The molecule has 158 valence electrons. The normalized spacial score (nSPS) is 19.5. The Kier molecular flexibility index (Phi) is 15.2. The van der Waals surface area contributed by atoms with E-state index in [0.717, 1.165) is 0 Å². The van der Waals surface area contributed by atoms with Gasteiger partial charge in [0.2, 0.25) is 0 Å². The molecule has 0 aromatic heterocycles. The van der Waals surface area contributed by atoms with Gasteiger partial charge in [-0.25, -0.2) is 0 Å². The van der Waals surface area contributed by atoms with Gasteiger partial charge in [-0.3, -0.25) is 9.69 Å². The number of carboxylic acids is 1. The van der Waals surface area contributed by atoms with Crippen molar-refractivity contribution in [3.8, 4) is 0 Å². The minimum atomic E-state index is -4.31. The van der Waals surface area contributed by atoms with E-state index in [2.05, 4.69) is 0 Å². The lowest BCUT2D eigenvalue weighted by Crippen LogP contribution is -2.51. The number of rotatable bonds is 9. The second-order valence-electron chi connectivity index (χ2n) is 6.17. The van der Waals surface area contributed by atoms with Gasteiger partial charge in [0.25, 0.3) is 0 Å². The molecule has 0 bridgehead atoms. The molecule has 7 N–H and O–H groups in total. The highest BCUT2D eigenvalue weighted by molar-refractivity contribution is 6.40. The molecule has 0 saturated carbocycles. The Bertz CT molecular complexity index is 410. The largest absolute Gasteiger partial charge is 0.480 e. The van der Waals surface area contributed by atoms with E-state index in [1.165, 1.54) is 4.90 Å². The maximum absolute atomic E-state index is 12.9. The Morgan fingerprint density at radius 3 is 2.23 bits per heavy atom. The van der Waals surface area contributed by atoms with Gasteiger partial charge in [0.1, 0.15) is 11.6 Å². The molecule has 0 aromatic rings. The summed E-state index contributed by atoms with van der Waals surface area (Å²) in [5.74, 6) is -1.25. The fourth-order valence-corrected chi connectivity index (χ4v) is 2.91. The molecular weight excluding hydrogens is 403 g/mol. The molecule has 1 fully saturated rings. The number of likely N-dealkylation sites (tertiary alicyclic amines) is 1. The summed E-state index contributed by atoms with van der Waals surface area (Å²) in [5.41, 5.74) is 4.26. The third-order valence-electron chi connectivity index (χ3n) is 4.35. The van der Waals surface area contributed by atoms with Crippen LogP contribution in [-0.2, 0) is 4.79 Å². The smallest absolute Gasteiger partial charge is 0.451 e. The first-order chi connectivity index (χ1) is 10.6. The van der Waals surface area contributed by atoms with E-state index < -0.39 is 30.8 Å². The van der Waals surface area contributed by atoms with Crippen molar-refractivity contribution < 1.29 is 38.6 Å². The number of halogens is 5. The van der Waals surface area contributed by atoms with Gasteiger partial charge in [-0.1, -0.05) is 12.8 Å². The van der Waals surface area contributed by atoms with Crippen LogP contribution in [0.25, 0.3) is 0 Å². The highest BCUT2D eigenvalue weighted by Gasteiger charge is 2.46. The summed E-state index contributed by atoms with van der Waals surface area (Å²) in [4.78, 5) is 12.6. The van der Waals surface area contributed by atoms with Gasteiger partial charge in [-0.2, -0.15) is 13.2 Å². The van der Waals surface area contributed by atoms with E-state index in [9.17, 15) is 23.1 Å². The van der Waals surface area contributed by atoms with Crippen molar-refractivity contribution in [1.82, 2.24) is 4.90 Å². The lowest BCUT2D eigenvalue weighted by molar-refractivity contribution is -0.176. The Balaban J connectivity index is -0.00000176. The Labute approximate surface area is 163 Å². The van der Waals surface area contributed by atoms with Crippen molar-refractivity contribution in [2.24, 2.45) is 5.73 Å². The predicted octanol–water partition coefficient (Wildman–Crippen LogP) is 0.847. The first kappa shape index (κ1) is 30.4. The van der Waals surface area contributed by atoms with Crippen LogP contribution in [0.3, 0.4) is 0 Å². The van der Waals surface area contributed by atoms with Crippen LogP contribution >= 0.6 is 24.8 Å². The van der Waals surface area contributed by atoms with Crippen molar-refractivity contribution in [2.75, 3.05) is 13.1 Å². The number of hydrogen-bond acceptors (Lipinski definition) is 5. The molecule has 2 unspecified atom stereocenters. The third-order valence-corrected chi connectivity index (χ3v) is 4.35. The van der Waals surface area contributed by atoms with Crippen LogP contribution in [0, 0.1) is 0 Å². The lowest BCUT2D eigenvalue weighted by Gasteiger charge is -2.31. The zero-order valence-electron chi connectivity index (χ0n) is 14.2. The standard InChI is InChI=1S/C13H24BF3N2O4.2ClH.H2O/c15-13(16,17)10-4-3-8-19(10)9-6-12(18,11(20)21)5-1-2-7-14(22)23;;;/h10,22-23H,1-9,18H2,(H,20,21);2*1H;1H2. The van der Waals surface area contributed by atoms with E-state index in [1.54, 1.807) is 0 Å². The Morgan fingerprint density at radius 1 is 1.19 bits per heavy atom. The second kappa shape index (κ2) is 13.0. The van der Waals surface area contributed by atoms with Gasteiger partial charge in [-0.15, -0.1) is 24.8 Å². The summed E-state index contributed by atoms with van der Waals surface area (Å²) < 4.78 is 38.6. The minimum Gasteiger partial charge on any atom is -0.480 e. The average Bonchev–Trinajstić information content (AvgIpc) is 2.89. The van der Waals surface area contributed by atoms with Crippen molar-refractivity contribution in [1.29, 1.82) is 0 Å². The van der Waals surface area contributed by atoms with Crippen LogP contribution in [0.1, 0.15) is 38.5 Å². The fraction of sp³-hybridized carbons (Fsp3) is 0.923. The van der Waals surface area contributed by atoms with Gasteiger partial charge in [0, 0.05) is 6.54 Å². The molecule has 2 atom stereocenters. The lowest BCUT2D eigenvalue weighted by atomic mass is 9.81. The van der Waals surface area contributed by atoms with Crippen LogP contribution in [0.4, 0.5) is 13.2 Å². The molecule has 0 aromatic carbocycles. The number of nitrogens with two attached hydrogens (primary N) is 1. The van der Waals surface area contributed by atoms with Crippen molar-refractivity contribution in [3.63, 3.8) is 0 Å². The van der Waals surface area contributed by atoms with Crippen LogP contribution in [-0.4, -0.2) is 69.5 Å². The molecule has 1 aliphatic heterocycles. The number of nitrogens with zero attached hydrogens (tertiary/aromatic N) is 1. The zero-order chi connectivity index (χ0) is 17.7. The van der Waals surface area contributed by atoms with E-state index in [-0.39, 0.29) is 69.0 Å². The maximum atomic E-state index is 12.9. The number of unbranched alkanes of at least 4 members (excludes halogenated alkanes) is 1. The summed E-state index contributed by atoms with van der Waals surface area (Å²) in [7, 11) is -1.45. The van der Waals surface area contributed by atoms with E-state index in [0.29, 0.717) is 19.3 Å². The molecule has 7 nitrogen and oxygen atoms in total. The molecule has 1 heterocycles. The van der Waals surface area contributed by atoms with E-state index >= 15 is 0 Å². The minimum absolute atomic E-state index is 0. The molecule has 0 aliphatic carbocycles. The first-order valence-corrected chi connectivity index (χ1v) is 7.75. The number of carboxylic acid groups (broad SMARTS) is 1. The van der Waals surface area contributed by atoms with Gasteiger partial charge in [0.05, 0.1) is 0 Å². The maximum Gasteiger partial charge on any atom is 0.451 e. The highest BCUT2D eigenvalue weighted by atomic mass is 35.5. The molecule has 13 heteroatoms. The van der Waals surface area contributed by atoms with Gasteiger partial charge < -0.3 is 26.4 Å². The van der Waals surface area contributed by atoms with Crippen LogP contribution in [0.15, 0.2) is 0 Å².